The first kappa shape index (κ1) is 21.1. The third-order valence-electron chi connectivity index (χ3n) is 5.39. The molecule has 0 N–H and O–H groups in total. The van der Waals surface area contributed by atoms with Crippen LogP contribution >= 0.6 is 22.9 Å². The first-order chi connectivity index (χ1) is 15.6. The Hall–Kier alpha value is -2.81. The lowest BCUT2D eigenvalue weighted by Crippen LogP contribution is -2.36. The molecule has 1 aromatic heterocycles. The summed E-state index contributed by atoms with van der Waals surface area (Å²) >= 11 is 7.76. The molecule has 166 valence electrons. The molecule has 1 atom stereocenters. The standard InChI is InChI=1S/C23H21ClN2O5S/c1-28-18-8-6-16(24)22-21(18)25-23(32-22)26(12-15-3-2-10-29-15)20(27)9-5-14-4-7-17-19(11-14)31-13-30-17/h4-9,11,15H,2-3,10,12-13H2,1H3/b9-5+. The second kappa shape index (κ2) is 8.97. The fourth-order valence-electron chi connectivity index (χ4n) is 3.75. The van der Waals surface area contributed by atoms with Crippen LogP contribution in [0.2, 0.25) is 5.02 Å². The number of hydrogen-bond acceptors (Lipinski definition) is 7. The van der Waals surface area contributed by atoms with Crippen molar-refractivity contribution in [1.82, 2.24) is 4.98 Å². The zero-order valence-electron chi connectivity index (χ0n) is 17.4. The number of hydrogen-bond donors (Lipinski definition) is 0. The molecule has 0 saturated carbocycles. The van der Waals surface area contributed by atoms with E-state index in [1.54, 1.807) is 30.2 Å². The highest BCUT2D eigenvalue weighted by atomic mass is 35.5. The molecular weight excluding hydrogens is 452 g/mol. The van der Waals surface area contributed by atoms with Crippen LogP contribution in [0.25, 0.3) is 16.3 Å². The minimum absolute atomic E-state index is 0.0257. The van der Waals surface area contributed by atoms with Gasteiger partial charge in [-0.25, -0.2) is 4.98 Å². The largest absolute Gasteiger partial charge is 0.494 e. The second-order valence-electron chi connectivity index (χ2n) is 7.45. The van der Waals surface area contributed by atoms with Crippen molar-refractivity contribution in [3.63, 3.8) is 0 Å². The number of amides is 1. The normalized spacial score (nSPS) is 17.4. The van der Waals surface area contributed by atoms with Crippen LogP contribution in [0.4, 0.5) is 5.13 Å². The number of thiazole rings is 1. The molecule has 32 heavy (non-hydrogen) atoms. The predicted molar refractivity (Wildman–Crippen MR) is 124 cm³/mol. The molecule has 1 saturated heterocycles. The number of methoxy groups -OCH3 is 1. The van der Waals surface area contributed by atoms with Gasteiger partial charge in [0.1, 0.15) is 11.3 Å². The number of anilines is 1. The van der Waals surface area contributed by atoms with Gasteiger partial charge in [-0.2, -0.15) is 0 Å². The molecule has 0 spiro atoms. The lowest BCUT2D eigenvalue weighted by molar-refractivity contribution is -0.114. The van der Waals surface area contributed by atoms with Crippen molar-refractivity contribution >= 4 is 50.3 Å². The van der Waals surface area contributed by atoms with Gasteiger partial charge in [-0.1, -0.05) is 29.0 Å². The van der Waals surface area contributed by atoms with E-state index in [0.29, 0.717) is 46.1 Å². The van der Waals surface area contributed by atoms with Gasteiger partial charge < -0.3 is 18.9 Å². The van der Waals surface area contributed by atoms with Gasteiger partial charge in [-0.3, -0.25) is 9.69 Å². The van der Waals surface area contributed by atoms with Crippen molar-refractivity contribution in [2.24, 2.45) is 0 Å². The van der Waals surface area contributed by atoms with E-state index in [4.69, 9.17) is 35.5 Å². The number of halogens is 1. The van der Waals surface area contributed by atoms with Gasteiger partial charge in [-0.15, -0.1) is 0 Å². The first-order valence-corrected chi connectivity index (χ1v) is 11.5. The molecule has 2 aliphatic rings. The van der Waals surface area contributed by atoms with Crippen molar-refractivity contribution in [3.8, 4) is 17.2 Å². The summed E-state index contributed by atoms with van der Waals surface area (Å²) in [6, 6.07) is 9.11. The molecule has 0 radical (unpaired) electrons. The van der Waals surface area contributed by atoms with Crippen LogP contribution in [0.1, 0.15) is 18.4 Å². The molecule has 0 aliphatic carbocycles. The summed E-state index contributed by atoms with van der Waals surface area (Å²) in [7, 11) is 1.59. The highest BCUT2D eigenvalue weighted by Gasteiger charge is 2.26. The van der Waals surface area contributed by atoms with Gasteiger partial charge in [0.15, 0.2) is 16.6 Å². The zero-order chi connectivity index (χ0) is 22.1. The molecule has 5 rings (SSSR count). The topological polar surface area (TPSA) is 70.1 Å². The number of carbonyl (C=O) groups excluding carboxylic acids is 1. The Balaban J connectivity index is 1.46. The first-order valence-electron chi connectivity index (χ1n) is 10.3. The third-order valence-corrected chi connectivity index (χ3v) is 6.93. The zero-order valence-corrected chi connectivity index (χ0v) is 18.9. The highest BCUT2D eigenvalue weighted by molar-refractivity contribution is 7.23. The van der Waals surface area contributed by atoms with Gasteiger partial charge >= 0.3 is 0 Å². The van der Waals surface area contributed by atoms with Crippen LogP contribution < -0.4 is 19.1 Å². The summed E-state index contributed by atoms with van der Waals surface area (Å²) in [6.45, 7) is 1.34. The highest BCUT2D eigenvalue weighted by Crippen LogP contribution is 2.39. The molecule has 2 aromatic carbocycles. The molecule has 1 unspecified atom stereocenters. The third kappa shape index (κ3) is 4.13. The Kier molecular flexibility index (Phi) is 5.91. The minimum Gasteiger partial charge on any atom is -0.494 e. The van der Waals surface area contributed by atoms with Gasteiger partial charge in [-0.05, 0) is 48.7 Å². The summed E-state index contributed by atoms with van der Waals surface area (Å²) in [5, 5.41) is 1.13. The summed E-state index contributed by atoms with van der Waals surface area (Å²) in [5.41, 5.74) is 1.48. The van der Waals surface area contributed by atoms with Crippen molar-refractivity contribution in [2.45, 2.75) is 18.9 Å². The maximum Gasteiger partial charge on any atom is 0.252 e. The van der Waals surface area contributed by atoms with Crippen molar-refractivity contribution in [1.29, 1.82) is 0 Å². The fourth-order valence-corrected chi connectivity index (χ4v) is 5.02. The van der Waals surface area contributed by atoms with E-state index < -0.39 is 0 Å². The molecule has 1 fully saturated rings. The lowest BCUT2D eigenvalue weighted by Gasteiger charge is -2.21. The summed E-state index contributed by atoms with van der Waals surface area (Å²) in [6.07, 6.45) is 5.16. The Morgan fingerprint density at radius 2 is 2.19 bits per heavy atom. The smallest absolute Gasteiger partial charge is 0.252 e. The summed E-state index contributed by atoms with van der Waals surface area (Å²) in [5.74, 6) is 1.80. The Morgan fingerprint density at radius 3 is 3.00 bits per heavy atom. The lowest BCUT2D eigenvalue weighted by atomic mass is 10.2. The van der Waals surface area contributed by atoms with Gasteiger partial charge in [0.2, 0.25) is 6.79 Å². The number of ether oxygens (including phenoxy) is 4. The molecular formula is C23H21ClN2O5S. The van der Waals surface area contributed by atoms with Crippen LogP contribution in [-0.2, 0) is 9.53 Å². The maximum atomic E-state index is 13.3. The minimum atomic E-state index is -0.188. The molecule has 0 bridgehead atoms. The van der Waals surface area contributed by atoms with Crippen molar-refractivity contribution in [2.75, 3.05) is 32.0 Å². The molecule has 2 aliphatic heterocycles. The molecule has 3 heterocycles. The van der Waals surface area contributed by atoms with E-state index >= 15 is 0 Å². The SMILES string of the molecule is COc1ccc(Cl)c2sc(N(CC3CCCO3)C(=O)/C=C/c3ccc4c(c3)OCO4)nc12. The van der Waals surface area contributed by atoms with Crippen molar-refractivity contribution < 1.29 is 23.7 Å². The monoisotopic (exact) mass is 472 g/mol. The maximum absolute atomic E-state index is 13.3. The molecule has 3 aromatic rings. The molecule has 9 heteroatoms. The van der Waals surface area contributed by atoms with E-state index in [1.807, 2.05) is 18.2 Å². The Bertz CT molecular complexity index is 1190. The molecule has 1 amide bonds. The van der Waals surface area contributed by atoms with E-state index in [1.165, 1.54) is 17.4 Å². The van der Waals surface area contributed by atoms with Gasteiger partial charge in [0.25, 0.3) is 5.91 Å². The summed E-state index contributed by atoms with van der Waals surface area (Å²) < 4.78 is 22.8. The van der Waals surface area contributed by atoms with Crippen LogP contribution in [0.15, 0.2) is 36.4 Å². The number of nitrogens with zero attached hydrogens (tertiary/aromatic N) is 2. The van der Waals surface area contributed by atoms with Crippen LogP contribution in [0.3, 0.4) is 0 Å². The van der Waals surface area contributed by atoms with Gasteiger partial charge in [0.05, 0.1) is 29.5 Å². The number of fused-ring (bicyclic) bond motifs is 2. The van der Waals surface area contributed by atoms with E-state index in [0.717, 1.165) is 23.1 Å². The average Bonchev–Trinajstić information content (AvgIpc) is 3.56. The second-order valence-corrected chi connectivity index (χ2v) is 8.84. The average molecular weight is 473 g/mol. The van der Waals surface area contributed by atoms with Crippen molar-refractivity contribution in [3.05, 3.63) is 47.0 Å². The van der Waals surface area contributed by atoms with Crippen LogP contribution in [0, 0.1) is 0 Å². The Labute approximate surface area is 194 Å². The number of rotatable bonds is 6. The number of carbonyl (C=O) groups is 1. The van der Waals surface area contributed by atoms with Gasteiger partial charge in [0, 0.05) is 12.7 Å². The van der Waals surface area contributed by atoms with E-state index in [2.05, 4.69) is 0 Å². The predicted octanol–water partition coefficient (Wildman–Crippen LogP) is 4.91. The number of benzene rings is 2. The number of aromatic nitrogens is 1. The fraction of sp³-hybridized carbons (Fsp3) is 0.304. The van der Waals surface area contributed by atoms with E-state index in [-0.39, 0.29) is 18.8 Å². The Morgan fingerprint density at radius 1 is 1.31 bits per heavy atom. The quantitative estimate of drug-likeness (QED) is 0.475. The van der Waals surface area contributed by atoms with Crippen LogP contribution in [-0.4, -0.2) is 44.0 Å². The summed E-state index contributed by atoms with van der Waals surface area (Å²) in [4.78, 5) is 19.6. The van der Waals surface area contributed by atoms with Crippen LogP contribution in [0.5, 0.6) is 17.2 Å². The molecule has 7 nitrogen and oxygen atoms in total. The van der Waals surface area contributed by atoms with E-state index in [9.17, 15) is 4.79 Å².